The molecule has 34 heavy (non-hydrogen) atoms. The van der Waals surface area contributed by atoms with Gasteiger partial charge in [0.2, 0.25) is 5.91 Å². The monoisotopic (exact) mass is 461 g/mol. The van der Waals surface area contributed by atoms with Gasteiger partial charge in [0.1, 0.15) is 18.0 Å². The maximum Gasteiger partial charge on any atom is 0.350 e. The van der Waals surface area contributed by atoms with E-state index in [1.54, 1.807) is 42.5 Å². The lowest BCUT2D eigenvalue weighted by Crippen LogP contribution is -2.28. The minimum absolute atomic E-state index is 0.280. The summed E-state index contributed by atoms with van der Waals surface area (Å²) >= 11 is 0. The number of methoxy groups -OCH3 is 2. The highest BCUT2D eigenvalue weighted by atomic mass is 16.5. The Labute approximate surface area is 194 Å². The molecule has 2 N–H and O–H groups in total. The number of aryl methyl sites for hydroxylation is 1. The van der Waals surface area contributed by atoms with E-state index in [1.165, 1.54) is 24.8 Å². The van der Waals surface area contributed by atoms with Crippen molar-refractivity contribution in [2.75, 3.05) is 24.9 Å². The van der Waals surface area contributed by atoms with Crippen molar-refractivity contribution in [3.63, 3.8) is 0 Å². The molecule has 10 nitrogen and oxygen atoms in total. The lowest BCUT2D eigenvalue weighted by molar-refractivity contribution is -0.117. The fourth-order valence-electron chi connectivity index (χ4n) is 3.31. The fraction of sp³-hybridized carbons (Fsp3) is 0.167. The average Bonchev–Trinajstić information content (AvgIpc) is 3.14. The Hall–Kier alpha value is -4.60. The van der Waals surface area contributed by atoms with E-state index in [2.05, 4.69) is 15.7 Å². The largest absolute Gasteiger partial charge is 0.497 e. The van der Waals surface area contributed by atoms with Crippen molar-refractivity contribution in [3.05, 3.63) is 82.4 Å². The molecule has 0 spiro atoms. The first-order valence-corrected chi connectivity index (χ1v) is 10.4. The molecule has 0 fully saturated rings. The Morgan fingerprint density at radius 2 is 1.59 bits per heavy atom. The number of anilines is 2. The first-order valence-electron chi connectivity index (χ1n) is 10.4. The molecule has 2 amide bonds. The second-order valence-corrected chi connectivity index (χ2v) is 7.56. The zero-order valence-corrected chi connectivity index (χ0v) is 18.9. The molecule has 10 heteroatoms. The lowest BCUT2D eigenvalue weighted by atomic mass is 10.2. The summed E-state index contributed by atoms with van der Waals surface area (Å²) in [6.45, 7) is 1.64. The molecule has 0 radical (unpaired) electrons. The van der Waals surface area contributed by atoms with Gasteiger partial charge in [-0.05, 0) is 31.2 Å². The van der Waals surface area contributed by atoms with E-state index >= 15 is 0 Å². The van der Waals surface area contributed by atoms with E-state index in [-0.39, 0.29) is 18.0 Å². The number of nitrogens with zero attached hydrogens (tertiary/aromatic N) is 3. The summed E-state index contributed by atoms with van der Waals surface area (Å²) < 4.78 is 12.6. The number of nitrogens with one attached hydrogen (secondary N) is 2. The van der Waals surface area contributed by atoms with Gasteiger partial charge in [0, 0.05) is 35.8 Å². The second-order valence-electron chi connectivity index (χ2n) is 7.56. The molecule has 2 aromatic heterocycles. The summed E-state index contributed by atoms with van der Waals surface area (Å²) in [6, 6.07) is 15.4. The van der Waals surface area contributed by atoms with Crippen LogP contribution in [0.15, 0.2) is 65.6 Å². The van der Waals surface area contributed by atoms with Crippen LogP contribution in [-0.2, 0) is 11.3 Å². The Kier molecular flexibility index (Phi) is 6.30. The van der Waals surface area contributed by atoms with E-state index < -0.39 is 11.6 Å². The quantitative estimate of drug-likeness (QED) is 0.437. The van der Waals surface area contributed by atoms with Gasteiger partial charge in [-0.25, -0.2) is 13.9 Å². The van der Waals surface area contributed by atoms with Gasteiger partial charge >= 0.3 is 5.69 Å². The highest BCUT2D eigenvalue weighted by molar-refractivity contribution is 6.04. The number of carbonyl (C=O) groups is 2. The van der Waals surface area contributed by atoms with E-state index in [1.807, 2.05) is 19.1 Å². The average molecular weight is 461 g/mol. The zero-order chi connectivity index (χ0) is 24.2. The number of carbonyl (C=O) groups excluding carboxylic acids is 2. The number of benzene rings is 2. The minimum Gasteiger partial charge on any atom is -0.497 e. The van der Waals surface area contributed by atoms with Gasteiger partial charge in [0.05, 0.1) is 19.8 Å². The molecule has 0 aliphatic rings. The van der Waals surface area contributed by atoms with Crippen molar-refractivity contribution in [3.8, 4) is 11.5 Å². The number of ether oxygens (including phenoxy) is 2. The number of amides is 2. The van der Waals surface area contributed by atoms with Crippen LogP contribution in [0, 0.1) is 6.92 Å². The SMILES string of the molecule is COc1cc(NC(=O)Cn2nc3ccc(C(=O)Nc4ccc(C)cc4)cn3c2=O)cc(OC)c1. The highest BCUT2D eigenvalue weighted by Crippen LogP contribution is 2.25. The van der Waals surface area contributed by atoms with E-state index in [0.29, 0.717) is 28.5 Å². The van der Waals surface area contributed by atoms with Crippen LogP contribution < -0.4 is 25.8 Å². The third kappa shape index (κ3) is 4.90. The Balaban J connectivity index is 1.51. The molecule has 174 valence electrons. The Morgan fingerprint density at radius 1 is 0.912 bits per heavy atom. The second kappa shape index (κ2) is 9.49. The van der Waals surface area contributed by atoms with Crippen molar-refractivity contribution in [1.29, 1.82) is 0 Å². The number of rotatable bonds is 7. The molecule has 0 aliphatic carbocycles. The molecule has 0 aliphatic heterocycles. The smallest absolute Gasteiger partial charge is 0.350 e. The molecular weight excluding hydrogens is 438 g/mol. The molecule has 0 saturated carbocycles. The molecule has 2 heterocycles. The van der Waals surface area contributed by atoms with Crippen LogP contribution >= 0.6 is 0 Å². The summed E-state index contributed by atoms with van der Waals surface area (Å²) in [7, 11) is 3.01. The third-order valence-electron chi connectivity index (χ3n) is 5.08. The topological polar surface area (TPSA) is 116 Å². The number of aromatic nitrogens is 3. The van der Waals surface area contributed by atoms with Crippen molar-refractivity contribution >= 4 is 28.8 Å². The predicted molar refractivity (Wildman–Crippen MR) is 127 cm³/mol. The summed E-state index contributed by atoms with van der Waals surface area (Å²) in [6.07, 6.45) is 1.40. The lowest BCUT2D eigenvalue weighted by Gasteiger charge is -2.09. The standard InChI is InChI=1S/C24H23N5O5/c1-15-4-7-17(8-5-15)26-23(31)16-6-9-21-27-29(24(32)28(21)13-16)14-22(30)25-18-10-19(33-2)12-20(11-18)34-3/h4-13H,14H2,1-3H3,(H,25,30)(H,26,31). The Bertz CT molecular complexity index is 1400. The van der Waals surface area contributed by atoms with Gasteiger partial charge in [-0.3, -0.25) is 9.59 Å². The predicted octanol–water partition coefficient (Wildman–Crippen LogP) is 2.71. The summed E-state index contributed by atoms with van der Waals surface area (Å²) in [5, 5.41) is 9.67. The Morgan fingerprint density at radius 3 is 2.24 bits per heavy atom. The molecule has 2 aromatic carbocycles. The van der Waals surface area contributed by atoms with Crippen molar-refractivity contribution < 1.29 is 19.1 Å². The third-order valence-corrected chi connectivity index (χ3v) is 5.08. The van der Waals surface area contributed by atoms with Crippen LogP contribution in [0.4, 0.5) is 11.4 Å². The van der Waals surface area contributed by atoms with Crippen molar-refractivity contribution in [2.45, 2.75) is 13.5 Å². The normalized spacial score (nSPS) is 10.7. The fourth-order valence-corrected chi connectivity index (χ4v) is 3.31. The number of hydrogen-bond acceptors (Lipinski definition) is 6. The molecule has 4 aromatic rings. The summed E-state index contributed by atoms with van der Waals surface area (Å²) in [5.41, 5.74) is 2.22. The zero-order valence-electron chi connectivity index (χ0n) is 18.9. The van der Waals surface area contributed by atoms with Crippen molar-refractivity contribution in [1.82, 2.24) is 14.2 Å². The van der Waals surface area contributed by atoms with Gasteiger partial charge in [-0.2, -0.15) is 0 Å². The molecule has 0 bridgehead atoms. The maximum atomic E-state index is 12.8. The van der Waals surface area contributed by atoms with Gasteiger partial charge in [-0.1, -0.05) is 17.7 Å². The van der Waals surface area contributed by atoms with Crippen LogP contribution in [-0.4, -0.2) is 40.2 Å². The van der Waals surface area contributed by atoms with Crippen molar-refractivity contribution in [2.24, 2.45) is 0 Å². The molecule has 4 rings (SSSR count). The molecular formula is C24H23N5O5. The van der Waals surface area contributed by atoms with Crippen LogP contribution in [0.25, 0.3) is 5.65 Å². The highest BCUT2D eigenvalue weighted by Gasteiger charge is 2.14. The van der Waals surface area contributed by atoms with E-state index in [9.17, 15) is 14.4 Å². The van der Waals surface area contributed by atoms with E-state index in [4.69, 9.17) is 9.47 Å². The maximum absolute atomic E-state index is 12.8. The summed E-state index contributed by atoms with van der Waals surface area (Å²) in [4.78, 5) is 38.0. The molecule has 0 unspecified atom stereocenters. The number of hydrogen-bond donors (Lipinski definition) is 2. The minimum atomic E-state index is -0.543. The van der Waals surface area contributed by atoms with Crippen LogP contribution in [0.1, 0.15) is 15.9 Å². The first-order chi connectivity index (χ1) is 16.4. The van der Waals surface area contributed by atoms with Gasteiger partial charge in [0.15, 0.2) is 5.65 Å². The summed E-state index contributed by atoms with van der Waals surface area (Å²) in [5.74, 6) is 0.195. The van der Waals surface area contributed by atoms with Crippen LogP contribution in [0.2, 0.25) is 0 Å². The number of pyridine rings is 1. The molecule has 0 atom stereocenters. The van der Waals surface area contributed by atoms with Gasteiger partial charge < -0.3 is 20.1 Å². The van der Waals surface area contributed by atoms with Gasteiger partial charge in [0.25, 0.3) is 5.91 Å². The molecule has 0 saturated heterocycles. The van der Waals surface area contributed by atoms with Crippen LogP contribution in [0.5, 0.6) is 11.5 Å². The van der Waals surface area contributed by atoms with Crippen LogP contribution in [0.3, 0.4) is 0 Å². The van der Waals surface area contributed by atoms with Gasteiger partial charge in [-0.15, -0.1) is 5.10 Å². The number of fused-ring (bicyclic) bond motifs is 1. The first kappa shape index (κ1) is 22.6. The van der Waals surface area contributed by atoms with E-state index in [0.717, 1.165) is 10.2 Å².